The summed E-state index contributed by atoms with van der Waals surface area (Å²) in [5.74, 6) is -0.838. The van der Waals surface area contributed by atoms with Crippen LogP contribution in [0.15, 0.2) is 47.1 Å². The van der Waals surface area contributed by atoms with Crippen molar-refractivity contribution in [2.75, 3.05) is 25.0 Å². The van der Waals surface area contributed by atoms with Crippen molar-refractivity contribution in [3.05, 3.63) is 54.2 Å². The Hall–Kier alpha value is -2.83. The van der Waals surface area contributed by atoms with E-state index in [1.165, 1.54) is 18.4 Å². The van der Waals surface area contributed by atoms with E-state index >= 15 is 0 Å². The zero-order valence-electron chi connectivity index (χ0n) is 14.3. The molecular weight excluding hydrogens is 325 g/mol. The average molecular weight is 347 g/mol. The number of carbonyl (C=O) groups excluding carboxylic acids is 2. The third-order valence-corrected chi connectivity index (χ3v) is 3.72. The summed E-state index contributed by atoms with van der Waals surface area (Å²) in [5.41, 5.74) is 0.521. The van der Waals surface area contributed by atoms with Gasteiger partial charge in [-0.05, 0) is 37.6 Å². The van der Waals surface area contributed by atoms with Gasteiger partial charge in [0.25, 0.3) is 5.91 Å². The van der Waals surface area contributed by atoms with Crippen molar-refractivity contribution >= 4 is 17.5 Å². The number of halogens is 1. The molecule has 0 aliphatic rings. The second-order valence-corrected chi connectivity index (χ2v) is 5.69. The van der Waals surface area contributed by atoms with Crippen molar-refractivity contribution in [3.8, 4) is 0 Å². The Labute approximate surface area is 146 Å². The van der Waals surface area contributed by atoms with Crippen molar-refractivity contribution < 1.29 is 18.4 Å². The normalized spacial score (nSPS) is 11.6. The van der Waals surface area contributed by atoms with Gasteiger partial charge >= 0.3 is 0 Å². The summed E-state index contributed by atoms with van der Waals surface area (Å²) >= 11 is 0. The van der Waals surface area contributed by atoms with Gasteiger partial charge in [-0.25, -0.2) is 4.39 Å². The number of nitrogens with one attached hydrogen (secondary N) is 2. The number of anilines is 1. The summed E-state index contributed by atoms with van der Waals surface area (Å²) in [6.07, 6.45) is 2.04. The van der Waals surface area contributed by atoms with Gasteiger partial charge in [0.2, 0.25) is 5.91 Å². The van der Waals surface area contributed by atoms with Crippen LogP contribution in [0.5, 0.6) is 0 Å². The number of hydrogen-bond donors (Lipinski definition) is 2. The summed E-state index contributed by atoms with van der Waals surface area (Å²) in [4.78, 5) is 25.6. The van der Waals surface area contributed by atoms with Gasteiger partial charge in [0, 0.05) is 20.1 Å². The number of nitrogens with zero attached hydrogens (tertiary/aromatic N) is 1. The number of benzene rings is 1. The molecule has 134 valence electrons. The molecule has 1 aromatic carbocycles. The lowest BCUT2D eigenvalue weighted by Crippen LogP contribution is -2.45. The van der Waals surface area contributed by atoms with Crippen LogP contribution in [0.1, 0.15) is 23.9 Å². The highest BCUT2D eigenvalue weighted by Crippen LogP contribution is 2.16. The van der Waals surface area contributed by atoms with E-state index in [1.54, 1.807) is 43.1 Å². The van der Waals surface area contributed by atoms with E-state index in [0.29, 0.717) is 25.2 Å². The van der Waals surface area contributed by atoms with Gasteiger partial charge < -0.3 is 20.0 Å². The predicted molar refractivity (Wildman–Crippen MR) is 92.9 cm³/mol. The lowest BCUT2D eigenvalue weighted by Gasteiger charge is -2.20. The van der Waals surface area contributed by atoms with E-state index in [1.807, 2.05) is 0 Å². The van der Waals surface area contributed by atoms with Crippen molar-refractivity contribution in [1.82, 2.24) is 10.6 Å². The molecule has 0 aliphatic heterocycles. The predicted octanol–water partition coefficient (Wildman–Crippen LogP) is 2.18. The van der Waals surface area contributed by atoms with Crippen LogP contribution in [0.25, 0.3) is 0 Å². The largest absolute Gasteiger partial charge is 0.459 e. The zero-order valence-corrected chi connectivity index (χ0v) is 14.3. The van der Waals surface area contributed by atoms with E-state index in [0.717, 1.165) is 0 Å². The maximum Gasteiger partial charge on any atom is 0.287 e. The first-order chi connectivity index (χ1) is 12.0. The molecular formula is C18H22FN3O3. The summed E-state index contributed by atoms with van der Waals surface area (Å²) in [5, 5.41) is 5.31. The SMILES string of the molecule is C[C@@H](NC(=O)c1ccco1)C(=O)NCCCN(C)c1ccccc1F. The van der Waals surface area contributed by atoms with Crippen LogP contribution < -0.4 is 15.5 Å². The van der Waals surface area contributed by atoms with Gasteiger partial charge in [0.05, 0.1) is 12.0 Å². The average Bonchev–Trinajstić information content (AvgIpc) is 3.13. The highest BCUT2D eigenvalue weighted by Gasteiger charge is 2.17. The Morgan fingerprint density at radius 3 is 2.68 bits per heavy atom. The van der Waals surface area contributed by atoms with Gasteiger partial charge in [0.15, 0.2) is 5.76 Å². The Morgan fingerprint density at radius 1 is 1.24 bits per heavy atom. The number of carbonyl (C=O) groups is 2. The fraction of sp³-hybridized carbons (Fsp3) is 0.333. The first kappa shape index (κ1) is 18.5. The van der Waals surface area contributed by atoms with Crippen LogP contribution in [0.2, 0.25) is 0 Å². The molecule has 2 rings (SSSR count). The summed E-state index contributed by atoms with van der Waals surface area (Å²) in [6.45, 7) is 2.62. The zero-order chi connectivity index (χ0) is 18.2. The Bertz CT molecular complexity index is 703. The van der Waals surface area contributed by atoms with Crippen LogP contribution in [0, 0.1) is 5.82 Å². The van der Waals surface area contributed by atoms with Crippen LogP contribution >= 0.6 is 0 Å². The fourth-order valence-electron chi connectivity index (χ4n) is 2.30. The highest BCUT2D eigenvalue weighted by atomic mass is 19.1. The number of para-hydroxylation sites is 1. The van der Waals surface area contributed by atoms with E-state index in [9.17, 15) is 14.0 Å². The van der Waals surface area contributed by atoms with Gasteiger partial charge in [-0.1, -0.05) is 12.1 Å². The van der Waals surface area contributed by atoms with Crippen LogP contribution in [0.4, 0.5) is 10.1 Å². The highest BCUT2D eigenvalue weighted by molar-refractivity contribution is 5.95. The summed E-state index contributed by atoms with van der Waals surface area (Å²) in [7, 11) is 1.80. The van der Waals surface area contributed by atoms with E-state index < -0.39 is 11.9 Å². The number of furan rings is 1. The standard InChI is InChI=1S/C18H22FN3O3/c1-13(21-18(24)16-9-5-12-25-16)17(23)20-10-6-11-22(2)15-8-4-3-7-14(15)19/h3-5,7-9,12-13H,6,10-11H2,1-2H3,(H,20,23)(H,21,24)/t13-/m1/s1. The Kier molecular flexibility index (Phi) is 6.56. The molecule has 25 heavy (non-hydrogen) atoms. The molecule has 1 aromatic heterocycles. The minimum atomic E-state index is -0.679. The lowest BCUT2D eigenvalue weighted by atomic mass is 10.2. The molecule has 0 bridgehead atoms. The molecule has 0 saturated heterocycles. The van der Waals surface area contributed by atoms with E-state index in [4.69, 9.17) is 4.42 Å². The summed E-state index contributed by atoms with van der Waals surface area (Å²) < 4.78 is 18.6. The molecule has 1 atom stereocenters. The lowest BCUT2D eigenvalue weighted by molar-refractivity contribution is -0.122. The van der Waals surface area contributed by atoms with Crippen molar-refractivity contribution in [3.63, 3.8) is 0 Å². The van der Waals surface area contributed by atoms with Gasteiger partial charge in [-0.3, -0.25) is 9.59 Å². The third-order valence-electron chi connectivity index (χ3n) is 3.72. The first-order valence-corrected chi connectivity index (χ1v) is 8.07. The van der Waals surface area contributed by atoms with E-state index in [-0.39, 0.29) is 17.5 Å². The second kappa shape index (κ2) is 8.86. The molecule has 0 unspecified atom stereocenters. The van der Waals surface area contributed by atoms with Crippen molar-refractivity contribution in [1.29, 1.82) is 0 Å². The molecule has 7 heteroatoms. The quantitative estimate of drug-likeness (QED) is 0.718. The smallest absolute Gasteiger partial charge is 0.287 e. The minimum Gasteiger partial charge on any atom is -0.459 e. The topological polar surface area (TPSA) is 74.6 Å². The molecule has 2 amide bonds. The fourth-order valence-corrected chi connectivity index (χ4v) is 2.30. The van der Waals surface area contributed by atoms with Gasteiger partial charge in [-0.2, -0.15) is 0 Å². The molecule has 6 nitrogen and oxygen atoms in total. The Balaban J connectivity index is 1.69. The number of rotatable bonds is 8. The molecule has 0 fully saturated rings. The molecule has 0 aliphatic carbocycles. The van der Waals surface area contributed by atoms with Crippen LogP contribution in [-0.2, 0) is 4.79 Å². The monoisotopic (exact) mass is 347 g/mol. The molecule has 0 spiro atoms. The molecule has 2 N–H and O–H groups in total. The molecule has 1 heterocycles. The maximum absolute atomic E-state index is 13.7. The molecule has 0 saturated carbocycles. The maximum atomic E-state index is 13.7. The number of hydrogen-bond acceptors (Lipinski definition) is 4. The van der Waals surface area contributed by atoms with Crippen LogP contribution in [0.3, 0.4) is 0 Å². The minimum absolute atomic E-state index is 0.158. The number of amides is 2. The van der Waals surface area contributed by atoms with Gasteiger partial charge in [0.1, 0.15) is 11.9 Å². The second-order valence-electron chi connectivity index (χ2n) is 5.69. The first-order valence-electron chi connectivity index (χ1n) is 8.07. The summed E-state index contributed by atoms with van der Waals surface area (Å²) in [6, 6.07) is 8.99. The van der Waals surface area contributed by atoms with E-state index in [2.05, 4.69) is 10.6 Å². The van der Waals surface area contributed by atoms with Crippen molar-refractivity contribution in [2.45, 2.75) is 19.4 Å². The molecule has 2 aromatic rings. The van der Waals surface area contributed by atoms with Crippen molar-refractivity contribution in [2.24, 2.45) is 0 Å². The molecule has 0 radical (unpaired) electrons. The van der Waals surface area contributed by atoms with Gasteiger partial charge in [-0.15, -0.1) is 0 Å². The third kappa shape index (κ3) is 5.34. The van der Waals surface area contributed by atoms with Crippen LogP contribution in [-0.4, -0.2) is 38.0 Å². The Morgan fingerprint density at radius 2 is 2.00 bits per heavy atom.